The van der Waals surface area contributed by atoms with Gasteiger partial charge in [-0.25, -0.2) is 9.97 Å². The number of aliphatic hydroxyl groups is 1. The molecule has 0 saturated heterocycles. The first-order valence-electron chi connectivity index (χ1n) is 7.65. The summed E-state index contributed by atoms with van der Waals surface area (Å²) in [5.74, 6) is 2.60. The lowest BCUT2D eigenvalue weighted by molar-refractivity contribution is -0.0202. The van der Waals surface area contributed by atoms with Crippen LogP contribution in [-0.2, 0) is 6.42 Å². The van der Waals surface area contributed by atoms with Crippen molar-refractivity contribution in [1.29, 1.82) is 0 Å². The fraction of sp³-hybridized carbons (Fsp3) is 0.733. The van der Waals surface area contributed by atoms with Crippen LogP contribution in [0.3, 0.4) is 0 Å². The number of rotatable bonds is 7. The number of aromatic nitrogens is 2. The molecule has 1 fully saturated rings. The highest BCUT2D eigenvalue weighted by Gasteiger charge is 2.34. The lowest BCUT2D eigenvalue weighted by atomic mass is 9.80. The van der Waals surface area contributed by atoms with Crippen molar-refractivity contribution in [2.75, 3.05) is 23.7 Å². The van der Waals surface area contributed by atoms with E-state index in [0.717, 1.165) is 61.7 Å². The summed E-state index contributed by atoms with van der Waals surface area (Å²) in [6, 6.07) is 0. The zero-order chi connectivity index (χ0) is 14.6. The highest BCUT2D eigenvalue weighted by Crippen LogP contribution is 2.32. The van der Waals surface area contributed by atoms with Gasteiger partial charge >= 0.3 is 0 Å². The molecule has 0 atom stereocenters. The van der Waals surface area contributed by atoms with Crippen molar-refractivity contribution in [2.45, 2.75) is 58.5 Å². The highest BCUT2D eigenvalue weighted by molar-refractivity contribution is 5.57. The minimum atomic E-state index is -0.541. The molecule has 1 aliphatic carbocycles. The molecule has 0 unspecified atom stereocenters. The van der Waals surface area contributed by atoms with E-state index in [0.29, 0.717) is 6.54 Å². The molecule has 2 rings (SSSR count). The van der Waals surface area contributed by atoms with Crippen LogP contribution >= 0.6 is 0 Å². The Morgan fingerprint density at radius 3 is 2.30 bits per heavy atom. The van der Waals surface area contributed by atoms with Crippen molar-refractivity contribution in [1.82, 2.24) is 9.97 Å². The van der Waals surface area contributed by atoms with Gasteiger partial charge in [0.05, 0.1) is 5.60 Å². The van der Waals surface area contributed by atoms with Gasteiger partial charge in [-0.1, -0.05) is 6.92 Å². The first kappa shape index (κ1) is 15.0. The molecule has 1 saturated carbocycles. The Hall–Kier alpha value is -1.36. The molecule has 3 N–H and O–H groups in total. The molecule has 1 aliphatic rings. The van der Waals surface area contributed by atoms with Gasteiger partial charge in [0.25, 0.3) is 0 Å². The van der Waals surface area contributed by atoms with Gasteiger partial charge in [0.15, 0.2) is 0 Å². The number of hydrogen-bond acceptors (Lipinski definition) is 5. The first-order chi connectivity index (χ1) is 9.58. The van der Waals surface area contributed by atoms with E-state index in [1.165, 1.54) is 0 Å². The molecular formula is C15H26N4O. The lowest BCUT2D eigenvalue weighted by Gasteiger charge is -2.36. The van der Waals surface area contributed by atoms with Crippen molar-refractivity contribution in [2.24, 2.45) is 0 Å². The van der Waals surface area contributed by atoms with E-state index >= 15 is 0 Å². The molecule has 0 aromatic carbocycles. The molecule has 20 heavy (non-hydrogen) atoms. The van der Waals surface area contributed by atoms with Crippen molar-refractivity contribution in [3.05, 3.63) is 11.4 Å². The van der Waals surface area contributed by atoms with Crippen molar-refractivity contribution < 1.29 is 5.11 Å². The zero-order valence-corrected chi connectivity index (χ0v) is 12.8. The van der Waals surface area contributed by atoms with Crippen LogP contribution in [0.25, 0.3) is 0 Å². The second-order valence-corrected chi connectivity index (χ2v) is 5.67. The van der Waals surface area contributed by atoms with Crippen LogP contribution in [0.2, 0.25) is 0 Å². The van der Waals surface area contributed by atoms with Crippen LogP contribution < -0.4 is 10.6 Å². The van der Waals surface area contributed by atoms with Crippen molar-refractivity contribution in [3.8, 4) is 0 Å². The minimum Gasteiger partial charge on any atom is -0.388 e. The maximum Gasteiger partial charge on any atom is 0.134 e. The Labute approximate surface area is 121 Å². The van der Waals surface area contributed by atoms with Gasteiger partial charge < -0.3 is 15.7 Å². The van der Waals surface area contributed by atoms with Crippen LogP contribution in [-0.4, -0.2) is 33.8 Å². The van der Waals surface area contributed by atoms with E-state index in [4.69, 9.17) is 0 Å². The monoisotopic (exact) mass is 278 g/mol. The Bertz CT molecular complexity index is 457. The largest absolute Gasteiger partial charge is 0.388 e. The summed E-state index contributed by atoms with van der Waals surface area (Å²) in [5, 5.41) is 16.8. The van der Waals surface area contributed by atoms with Crippen LogP contribution in [0.4, 0.5) is 11.6 Å². The van der Waals surface area contributed by atoms with Crippen LogP contribution in [0, 0.1) is 6.92 Å². The zero-order valence-electron chi connectivity index (χ0n) is 12.8. The number of aryl methyl sites for hydroxylation is 1. The highest BCUT2D eigenvalue weighted by atomic mass is 16.3. The molecule has 112 valence electrons. The Morgan fingerprint density at radius 2 is 1.80 bits per heavy atom. The molecule has 1 aromatic rings. The smallest absolute Gasteiger partial charge is 0.134 e. The summed E-state index contributed by atoms with van der Waals surface area (Å²) in [6.45, 7) is 7.61. The third kappa shape index (κ3) is 3.39. The summed E-state index contributed by atoms with van der Waals surface area (Å²) < 4.78 is 0. The normalized spacial score (nSPS) is 16.6. The standard InChI is InChI=1S/C15H26N4O/c1-4-7-12-18-13(16-5-2)11(3)14(19-12)17-10-15(20)8-6-9-15/h20H,4-10H2,1-3H3,(H2,16,17,18,19). The fourth-order valence-electron chi connectivity index (χ4n) is 2.42. The first-order valence-corrected chi connectivity index (χ1v) is 7.65. The lowest BCUT2D eigenvalue weighted by Crippen LogP contribution is -2.43. The predicted molar refractivity (Wildman–Crippen MR) is 82.2 cm³/mol. The Balaban J connectivity index is 2.15. The summed E-state index contributed by atoms with van der Waals surface area (Å²) in [6.07, 6.45) is 4.78. The summed E-state index contributed by atoms with van der Waals surface area (Å²) in [5.41, 5.74) is 0.482. The van der Waals surface area contributed by atoms with Gasteiger partial charge in [0.1, 0.15) is 17.5 Å². The second kappa shape index (κ2) is 6.39. The third-order valence-corrected chi connectivity index (χ3v) is 3.88. The van der Waals surface area contributed by atoms with Gasteiger partial charge in [0, 0.05) is 25.1 Å². The van der Waals surface area contributed by atoms with Crippen molar-refractivity contribution >= 4 is 11.6 Å². The maximum atomic E-state index is 10.2. The average Bonchev–Trinajstić information content (AvgIpc) is 2.39. The van der Waals surface area contributed by atoms with E-state index < -0.39 is 5.60 Å². The molecule has 5 nitrogen and oxygen atoms in total. The molecule has 0 amide bonds. The molecular weight excluding hydrogens is 252 g/mol. The summed E-state index contributed by atoms with van der Waals surface area (Å²) in [4.78, 5) is 9.16. The van der Waals surface area contributed by atoms with Gasteiger partial charge in [-0.3, -0.25) is 0 Å². The van der Waals surface area contributed by atoms with Crippen LogP contribution in [0.15, 0.2) is 0 Å². The van der Waals surface area contributed by atoms with Gasteiger partial charge in [0.2, 0.25) is 0 Å². The quantitative estimate of drug-likeness (QED) is 0.715. The minimum absolute atomic E-state index is 0.541. The van der Waals surface area contributed by atoms with E-state index in [1.807, 2.05) is 6.92 Å². The van der Waals surface area contributed by atoms with Gasteiger partial charge in [-0.15, -0.1) is 0 Å². The SMILES string of the molecule is CCCc1nc(NCC)c(C)c(NCC2(O)CCC2)n1. The van der Waals surface area contributed by atoms with E-state index in [1.54, 1.807) is 0 Å². The van der Waals surface area contributed by atoms with Crippen molar-refractivity contribution in [3.63, 3.8) is 0 Å². The summed E-state index contributed by atoms with van der Waals surface area (Å²) >= 11 is 0. The maximum absolute atomic E-state index is 10.2. The van der Waals surface area contributed by atoms with E-state index in [-0.39, 0.29) is 0 Å². The Kier molecular flexibility index (Phi) is 4.81. The predicted octanol–water partition coefficient (Wildman–Crippen LogP) is 2.50. The number of nitrogens with one attached hydrogen (secondary N) is 2. The number of hydrogen-bond donors (Lipinski definition) is 3. The summed E-state index contributed by atoms with van der Waals surface area (Å²) in [7, 11) is 0. The third-order valence-electron chi connectivity index (χ3n) is 3.88. The van der Waals surface area contributed by atoms with Gasteiger partial charge in [-0.2, -0.15) is 0 Å². The fourth-order valence-corrected chi connectivity index (χ4v) is 2.42. The number of nitrogens with zero attached hydrogens (tertiary/aromatic N) is 2. The molecule has 1 aromatic heterocycles. The topological polar surface area (TPSA) is 70.1 Å². The number of anilines is 2. The van der Waals surface area contributed by atoms with E-state index in [2.05, 4.69) is 34.4 Å². The molecule has 0 spiro atoms. The Morgan fingerprint density at radius 1 is 1.15 bits per heavy atom. The molecule has 0 aliphatic heterocycles. The van der Waals surface area contributed by atoms with Crippen LogP contribution in [0.1, 0.15) is 50.9 Å². The molecule has 0 bridgehead atoms. The van der Waals surface area contributed by atoms with Crippen LogP contribution in [0.5, 0.6) is 0 Å². The molecule has 5 heteroatoms. The van der Waals surface area contributed by atoms with Gasteiger partial charge in [-0.05, 0) is 39.5 Å². The van der Waals surface area contributed by atoms with E-state index in [9.17, 15) is 5.11 Å². The molecule has 0 radical (unpaired) electrons. The molecule has 1 heterocycles. The second-order valence-electron chi connectivity index (χ2n) is 5.67. The average molecular weight is 278 g/mol.